The van der Waals surface area contributed by atoms with Crippen molar-refractivity contribution in [2.45, 2.75) is 51.6 Å². The first-order valence-electron chi connectivity index (χ1n) is 8.81. The molecule has 1 saturated carbocycles. The summed E-state index contributed by atoms with van der Waals surface area (Å²) in [6, 6.07) is 4.19. The van der Waals surface area contributed by atoms with Crippen molar-refractivity contribution in [2.24, 2.45) is 0 Å². The molecule has 0 saturated heterocycles. The highest BCUT2D eigenvalue weighted by molar-refractivity contribution is 5.96. The first-order chi connectivity index (χ1) is 11.7. The molecule has 4 rings (SSSR count). The van der Waals surface area contributed by atoms with Crippen LogP contribution >= 0.6 is 0 Å². The number of aromatic nitrogens is 2. The Hall–Kier alpha value is -2.30. The summed E-state index contributed by atoms with van der Waals surface area (Å²) in [6.07, 6.45) is 9.54. The number of nitrogens with zero attached hydrogens (tertiary/aromatic N) is 2. The number of hydrogen-bond donors (Lipinski definition) is 1. The maximum Gasteiger partial charge on any atom is 0.251 e. The van der Waals surface area contributed by atoms with Gasteiger partial charge in [-0.3, -0.25) is 4.79 Å². The van der Waals surface area contributed by atoms with E-state index in [4.69, 9.17) is 4.74 Å². The van der Waals surface area contributed by atoms with Crippen LogP contribution in [0.5, 0.6) is 5.75 Å². The van der Waals surface area contributed by atoms with Gasteiger partial charge in [0.15, 0.2) is 0 Å². The third-order valence-corrected chi connectivity index (χ3v) is 5.04. The maximum atomic E-state index is 12.7. The molecule has 0 unspecified atom stereocenters. The van der Waals surface area contributed by atoms with Gasteiger partial charge in [-0.15, -0.1) is 0 Å². The molecule has 1 aromatic heterocycles. The summed E-state index contributed by atoms with van der Waals surface area (Å²) < 4.78 is 8.00. The Morgan fingerprint density at radius 3 is 2.96 bits per heavy atom. The number of ether oxygens (including phenoxy) is 1. The summed E-state index contributed by atoms with van der Waals surface area (Å²) in [4.78, 5) is 17.0. The van der Waals surface area contributed by atoms with E-state index in [9.17, 15) is 4.79 Å². The van der Waals surface area contributed by atoms with Gasteiger partial charge in [0.05, 0.1) is 24.8 Å². The zero-order chi connectivity index (χ0) is 16.5. The lowest BCUT2D eigenvalue weighted by atomic mass is 9.95. The van der Waals surface area contributed by atoms with Crippen LogP contribution in [0.4, 0.5) is 0 Å². The van der Waals surface area contributed by atoms with Crippen LogP contribution in [-0.4, -0.2) is 28.1 Å². The second-order valence-corrected chi connectivity index (χ2v) is 6.80. The van der Waals surface area contributed by atoms with Crippen LogP contribution in [0.3, 0.4) is 0 Å². The van der Waals surface area contributed by atoms with Gasteiger partial charge in [0, 0.05) is 17.2 Å². The van der Waals surface area contributed by atoms with E-state index >= 15 is 0 Å². The summed E-state index contributed by atoms with van der Waals surface area (Å²) in [5.74, 6) is 0.881. The molecule has 24 heavy (non-hydrogen) atoms. The van der Waals surface area contributed by atoms with Crippen molar-refractivity contribution in [3.8, 4) is 17.0 Å². The summed E-state index contributed by atoms with van der Waals surface area (Å²) in [5.41, 5.74) is 3.67. The van der Waals surface area contributed by atoms with Crippen LogP contribution in [0.1, 0.15) is 48.0 Å². The molecule has 0 bridgehead atoms. The quantitative estimate of drug-likeness (QED) is 0.921. The monoisotopic (exact) mass is 325 g/mol. The van der Waals surface area contributed by atoms with Gasteiger partial charge in [-0.2, -0.15) is 0 Å². The zero-order valence-corrected chi connectivity index (χ0v) is 14.0. The Labute approximate surface area is 142 Å². The van der Waals surface area contributed by atoms with E-state index in [1.165, 1.54) is 19.3 Å². The standard InChI is InChI=1S/C19H23N3O2/c1-13-9-14(19(23)21-15-5-3-2-4-6-15)10-16-17-11-20-12-22(17)7-8-24-18(13)16/h9-12,15H,2-8H2,1H3,(H,21,23). The van der Waals surface area contributed by atoms with Crippen molar-refractivity contribution in [3.05, 3.63) is 35.8 Å². The van der Waals surface area contributed by atoms with Gasteiger partial charge in [0.1, 0.15) is 12.4 Å². The predicted octanol–water partition coefficient (Wildman–Crippen LogP) is 3.31. The first kappa shape index (κ1) is 15.2. The fraction of sp³-hybridized carbons (Fsp3) is 0.474. The molecule has 5 heteroatoms. The van der Waals surface area contributed by atoms with E-state index in [0.29, 0.717) is 18.2 Å². The van der Waals surface area contributed by atoms with Crippen LogP contribution < -0.4 is 10.1 Å². The molecule has 1 aromatic carbocycles. The molecule has 0 radical (unpaired) electrons. The number of nitrogens with one attached hydrogen (secondary N) is 1. The average molecular weight is 325 g/mol. The Morgan fingerprint density at radius 2 is 2.12 bits per heavy atom. The molecule has 0 atom stereocenters. The van der Waals surface area contributed by atoms with Gasteiger partial charge in [0.25, 0.3) is 5.91 Å². The van der Waals surface area contributed by atoms with E-state index in [-0.39, 0.29) is 5.91 Å². The summed E-state index contributed by atoms with van der Waals surface area (Å²) >= 11 is 0. The first-order valence-corrected chi connectivity index (χ1v) is 8.81. The second-order valence-electron chi connectivity index (χ2n) is 6.80. The highest BCUT2D eigenvalue weighted by atomic mass is 16.5. The molecule has 2 aromatic rings. The summed E-state index contributed by atoms with van der Waals surface area (Å²) in [6.45, 7) is 3.39. The predicted molar refractivity (Wildman–Crippen MR) is 92.2 cm³/mol. The normalized spacial score (nSPS) is 17.4. The zero-order valence-electron chi connectivity index (χ0n) is 14.0. The molecular formula is C19H23N3O2. The molecule has 1 amide bonds. The van der Waals surface area contributed by atoms with Crippen molar-refractivity contribution in [1.29, 1.82) is 0 Å². The third-order valence-electron chi connectivity index (χ3n) is 5.04. The lowest BCUT2D eigenvalue weighted by molar-refractivity contribution is 0.0927. The minimum Gasteiger partial charge on any atom is -0.491 e. The molecule has 1 aliphatic carbocycles. The van der Waals surface area contributed by atoms with Gasteiger partial charge in [0.2, 0.25) is 0 Å². The van der Waals surface area contributed by atoms with Gasteiger partial charge in [-0.25, -0.2) is 4.98 Å². The Morgan fingerprint density at radius 1 is 1.29 bits per heavy atom. The number of carbonyl (C=O) groups is 1. The fourth-order valence-electron chi connectivity index (χ4n) is 3.77. The van der Waals surface area contributed by atoms with Crippen molar-refractivity contribution in [2.75, 3.05) is 6.61 Å². The Balaban J connectivity index is 1.67. The highest BCUT2D eigenvalue weighted by Gasteiger charge is 2.22. The topological polar surface area (TPSA) is 56.1 Å². The second kappa shape index (κ2) is 6.30. The minimum atomic E-state index is 0.0168. The number of imidazole rings is 1. The maximum absolute atomic E-state index is 12.7. The van der Waals surface area contributed by atoms with Gasteiger partial charge in [-0.05, 0) is 37.5 Å². The Bertz CT molecular complexity index is 760. The lowest BCUT2D eigenvalue weighted by Crippen LogP contribution is -2.36. The summed E-state index contributed by atoms with van der Waals surface area (Å²) in [7, 11) is 0. The lowest BCUT2D eigenvalue weighted by Gasteiger charge is -2.23. The van der Waals surface area contributed by atoms with Crippen LogP contribution in [-0.2, 0) is 6.54 Å². The van der Waals surface area contributed by atoms with Crippen molar-refractivity contribution >= 4 is 5.91 Å². The largest absolute Gasteiger partial charge is 0.491 e. The van der Waals surface area contributed by atoms with Crippen LogP contribution in [0.15, 0.2) is 24.7 Å². The van der Waals surface area contributed by atoms with Crippen LogP contribution in [0, 0.1) is 6.92 Å². The average Bonchev–Trinajstić information content (AvgIpc) is 2.98. The van der Waals surface area contributed by atoms with E-state index in [1.54, 1.807) is 0 Å². The molecule has 126 valence electrons. The van der Waals surface area contributed by atoms with Gasteiger partial charge >= 0.3 is 0 Å². The number of hydrogen-bond acceptors (Lipinski definition) is 3. The van der Waals surface area contributed by atoms with E-state index in [2.05, 4.69) is 14.9 Å². The summed E-state index contributed by atoms with van der Waals surface area (Å²) in [5, 5.41) is 3.20. The molecule has 1 fully saturated rings. The van der Waals surface area contributed by atoms with Crippen molar-refractivity contribution < 1.29 is 9.53 Å². The van der Waals surface area contributed by atoms with Crippen LogP contribution in [0.25, 0.3) is 11.3 Å². The highest BCUT2D eigenvalue weighted by Crippen LogP contribution is 2.36. The SMILES string of the molecule is Cc1cc(C(=O)NC2CCCCC2)cc2c1OCCn1cncc1-2. The fourth-order valence-corrected chi connectivity index (χ4v) is 3.77. The third kappa shape index (κ3) is 2.79. The smallest absolute Gasteiger partial charge is 0.251 e. The van der Waals surface area contributed by atoms with E-state index < -0.39 is 0 Å². The number of carbonyl (C=O) groups excluding carboxylic acids is 1. The molecule has 2 heterocycles. The van der Waals surface area contributed by atoms with Crippen LogP contribution in [0.2, 0.25) is 0 Å². The number of benzene rings is 1. The number of aryl methyl sites for hydroxylation is 1. The van der Waals surface area contributed by atoms with Crippen molar-refractivity contribution in [3.63, 3.8) is 0 Å². The number of rotatable bonds is 2. The van der Waals surface area contributed by atoms with E-state index in [0.717, 1.165) is 42.0 Å². The molecular weight excluding hydrogens is 302 g/mol. The molecule has 5 nitrogen and oxygen atoms in total. The number of fused-ring (bicyclic) bond motifs is 3. The van der Waals surface area contributed by atoms with Crippen molar-refractivity contribution in [1.82, 2.24) is 14.9 Å². The van der Waals surface area contributed by atoms with E-state index in [1.807, 2.05) is 31.6 Å². The van der Waals surface area contributed by atoms with Gasteiger partial charge in [-0.1, -0.05) is 19.3 Å². The molecule has 1 N–H and O–H groups in total. The number of amides is 1. The Kier molecular flexibility index (Phi) is 4.00. The van der Waals surface area contributed by atoms with Gasteiger partial charge < -0.3 is 14.6 Å². The molecule has 1 aliphatic heterocycles. The minimum absolute atomic E-state index is 0.0168. The molecule has 0 spiro atoms. The molecule has 2 aliphatic rings.